The smallest absolute Gasteiger partial charge is 0.259 e. The molecule has 37 heavy (non-hydrogen) atoms. The maximum Gasteiger partial charge on any atom is 0.259 e. The van der Waals surface area contributed by atoms with Crippen molar-refractivity contribution in [1.82, 2.24) is 0 Å². The van der Waals surface area contributed by atoms with Gasteiger partial charge in [0.15, 0.2) is 18.1 Å². The van der Waals surface area contributed by atoms with Crippen molar-refractivity contribution in [2.45, 2.75) is 45.4 Å². The number of amides is 2. The molecule has 0 bridgehead atoms. The van der Waals surface area contributed by atoms with E-state index < -0.39 is 5.91 Å². The third-order valence-electron chi connectivity index (χ3n) is 5.93. The number of nitrogens with two attached hydrogens (primary N) is 1. The van der Waals surface area contributed by atoms with Crippen molar-refractivity contribution in [3.63, 3.8) is 0 Å². The topological polar surface area (TPSA) is 103 Å². The lowest BCUT2D eigenvalue weighted by atomic mass is 9.96. The number of nitrogens with zero attached hydrogens (tertiary/aromatic N) is 1. The van der Waals surface area contributed by atoms with Crippen molar-refractivity contribution in [3.8, 4) is 11.5 Å². The predicted octanol–water partition coefficient (Wildman–Crippen LogP) is 6.44. The molecule has 0 radical (unpaired) electrons. The molecule has 1 aliphatic rings. The highest BCUT2D eigenvalue weighted by molar-refractivity contribution is 9.10. The van der Waals surface area contributed by atoms with Gasteiger partial charge in [0.05, 0.1) is 16.6 Å². The fraction of sp³-hybridized carbons (Fsp3) is 0.321. The fourth-order valence-electron chi connectivity index (χ4n) is 4.29. The lowest BCUT2D eigenvalue weighted by molar-refractivity contribution is -0.119. The Morgan fingerprint density at radius 3 is 2.59 bits per heavy atom. The normalized spacial score (nSPS) is 13.5. The highest BCUT2D eigenvalue weighted by Crippen LogP contribution is 2.40. The number of primary amides is 1. The second-order valence-corrected chi connectivity index (χ2v) is 10.6. The number of benzene rings is 2. The van der Waals surface area contributed by atoms with E-state index in [-0.39, 0.29) is 12.5 Å². The Bertz CT molecular complexity index is 1290. The molecular weight excluding hydrogens is 554 g/mol. The standard InChI is InChI=1S/C28H30BrN3O4S/c1-2-35-22-15-18(14-21(29)26(22)36-17-24(30)33)16-31-28-25(27(34)32-19-10-6-5-7-11-19)20-12-8-3-4-9-13-23(20)37-28/h5-7,10-11,14-16H,2-4,8-9,12-13,17H2,1H3,(H2,30,33)(H,32,34). The molecule has 3 N–H and O–H groups in total. The van der Waals surface area contributed by atoms with E-state index in [2.05, 4.69) is 21.2 Å². The molecule has 1 aromatic heterocycles. The van der Waals surface area contributed by atoms with Crippen LogP contribution in [0.25, 0.3) is 0 Å². The van der Waals surface area contributed by atoms with Gasteiger partial charge in [-0.3, -0.25) is 9.59 Å². The number of para-hydroxylation sites is 1. The molecule has 7 nitrogen and oxygen atoms in total. The molecule has 0 aliphatic heterocycles. The summed E-state index contributed by atoms with van der Waals surface area (Å²) >= 11 is 5.10. The van der Waals surface area contributed by atoms with Gasteiger partial charge in [-0.05, 0) is 83.9 Å². The Morgan fingerprint density at radius 1 is 1.11 bits per heavy atom. The number of anilines is 1. The number of carbonyl (C=O) groups is 2. The number of ether oxygens (including phenoxy) is 2. The van der Waals surface area contributed by atoms with Crippen LogP contribution < -0.4 is 20.5 Å². The summed E-state index contributed by atoms with van der Waals surface area (Å²) in [6.45, 7) is 2.03. The van der Waals surface area contributed by atoms with Gasteiger partial charge in [0, 0.05) is 16.8 Å². The number of hydrogen-bond donors (Lipinski definition) is 2. The molecular formula is C28H30BrN3O4S. The summed E-state index contributed by atoms with van der Waals surface area (Å²) in [7, 11) is 0. The molecule has 194 valence electrons. The number of aryl methyl sites for hydroxylation is 1. The summed E-state index contributed by atoms with van der Waals surface area (Å²) in [5.74, 6) is 0.164. The largest absolute Gasteiger partial charge is 0.490 e. The second-order valence-electron chi connectivity index (χ2n) is 8.69. The summed E-state index contributed by atoms with van der Waals surface area (Å²) < 4.78 is 11.9. The van der Waals surface area contributed by atoms with E-state index in [1.807, 2.05) is 43.3 Å². The molecule has 9 heteroatoms. The van der Waals surface area contributed by atoms with Crippen molar-refractivity contribution < 1.29 is 19.1 Å². The number of fused-ring (bicyclic) bond motifs is 1. The second kappa shape index (κ2) is 12.9. The van der Waals surface area contributed by atoms with Crippen LogP contribution in [0.15, 0.2) is 51.9 Å². The van der Waals surface area contributed by atoms with E-state index in [1.165, 1.54) is 17.7 Å². The molecule has 1 aliphatic carbocycles. The molecule has 0 atom stereocenters. The Balaban J connectivity index is 1.69. The lowest BCUT2D eigenvalue weighted by Gasteiger charge is -2.13. The Hall–Kier alpha value is -3.17. The van der Waals surface area contributed by atoms with Crippen molar-refractivity contribution in [3.05, 3.63) is 68.5 Å². The third-order valence-corrected chi connectivity index (χ3v) is 7.72. The summed E-state index contributed by atoms with van der Waals surface area (Å²) in [5, 5.41) is 3.74. The van der Waals surface area contributed by atoms with Crippen LogP contribution in [0, 0.1) is 0 Å². The predicted molar refractivity (Wildman–Crippen MR) is 152 cm³/mol. The minimum Gasteiger partial charge on any atom is -0.490 e. The maximum absolute atomic E-state index is 13.5. The number of carbonyl (C=O) groups excluding carboxylic acids is 2. The van der Waals surface area contributed by atoms with Crippen molar-refractivity contribution >= 4 is 56.0 Å². The van der Waals surface area contributed by atoms with Crippen LogP contribution in [0.1, 0.15) is 59.0 Å². The van der Waals surface area contributed by atoms with Crippen LogP contribution in [-0.2, 0) is 17.6 Å². The number of rotatable bonds is 9. The number of nitrogens with one attached hydrogen (secondary N) is 1. The van der Waals surface area contributed by atoms with Crippen LogP contribution in [0.5, 0.6) is 11.5 Å². The zero-order valence-corrected chi connectivity index (χ0v) is 23.1. The first-order chi connectivity index (χ1) is 18.0. The van der Waals surface area contributed by atoms with Crippen molar-refractivity contribution in [2.75, 3.05) is 18.5 Å². The lowest BCUT2D eigenvalue weighted by Crippen LogP contribution is -2.20. The van der Waals surface area contributed by atoms with E-state index in [0.717, 1.165) is 42.5 Å². The number of thiophene rings is 1. The van der Waals surface area contributed by atoms with Gasteiger partial charge in [-0.25, -0.2) is 4.99 Å². The van der Waals surface area contributed by atoms with E-state index >= 15 is 0 Å². The average Bonchev–Trinajstić information content (AvgIpc) is 3.19. The molecule has 1 heterocycles. The zero-order chi connectivity index (χ0) is 26.2. The van der Waals surface area contributed by atoms with Crippen molar-refractivity contribution in [1.29, 1.82) is 0 Å². The van der Waals surface area contributed by atoms with Crippen LogP contribution in [0.4, 0.5) is 10.7 Å². The van der Waals surface area contributed by atoms with Gasteiger partial charge in [-0.15, -0.1) is 11.3 Å². The van der Waals surface area contributed by atoms with Gasteiger partial charge in [-0.2, -0.15) is 0 Å². The fourth-order valence-corrected chi connectivity index (χ4v) is 6.09. The Kier molecular flexibility index (Phi) is 9.35. The van der Waals surface area contributed by atoms with Crippen molar-refractivity contribution in [2.24, 2.45) is 10.7 Å². The average molecular weight is 585 g/mol. The first-order valence-corrected chi connectivity index (χ1v) is 14.0. The molecule has 4 rings (SSSR count). The molecule has 0 saturated heterocycles. The molecule has 0 spiro atoms. The third kappa shape index (κ3) is 6.99. The van der Waals surface area contributed by atoms with E-state index in [1.54, 1.807) is 23.6 Å². The van der Waals surface area contributed by atoms with E-state index in [0.29, 0.717) is 33.1 Å². The first kappa shape index (κ1) is 26.9. The van der Waals surface area contributed by atoms with Crippen LogP contribution in [0.3, 0.4) is 0 Å². The number of aliphatic imine (C=N–C) groups is 1. The number of halogens is 1. The molecule has 0 saturated carbocycles. The monoisotopic (exact) mass is 583 g/mol. The number of hydrogen-bond acceptors (Lipinski definition) is 6. The van der Waals surface area contributed by atoms with E-state index in [9.17, 15) is 9.59 Å². The highest BCUT2D eigenvalue weighted by Gasteiger charge is 2.24. The summed E-state index contributed by atoms with van der Waals surface area (Å²) in [4.78, 5) is 30.7. The minimum atomic E-state index is -0.574. The SMILES string of the molecule is CCOc1cc(C=Nc2sc3c(c2C(=O)Nc2ccccc2)CCCCCC3)cc(Br)c1OCC(N)=O. The highest BCUT2D eigenvalue weighted by atomic mass is 79.9. The molecule has 3 aromatic rings. The Labute approximate surface area is 229 Å². The molecule has 2 aromatic carbocycles. The molecule has 2 amide bonds. The summed E-state index contributed by atoms with van der Waals surface area (Å²) in [5.41, 5.74) is 8.53. The van der Waals surface area contributed by atoms with Gasteiger partial charge < -0.3 is 20.5 Å². The van der Waals surface area contributed by atoms with Gasteiger partial charge >= 0.3 is 0 Å². The summed E-state index contributed by atoms with van der Waals surface area (Å²) in [6, 6.07) is 13.1. The van der Waals surface area contributed by atoms with E-state index in [4.69, 9.17) is 20.2 Å². The first-order valence-electron chi connectivity index (χ1n) is 12.4. The maximum atomic E-state index is 13.5. The van der Waals surface area contributed by atoms with Gasteiger partial charge in [0.1, 0.15) is 5.00 Å². The van der Waals surface area contributed by atoms with Crippen LogP contribution >= 0.6 is 27.3 Å². The van der Waals surface area contributed by atoms with Crippen LogP contribution in [-0.4, -0.2) is 31.2 Å². The van der Waals surface area contributed by atoms with Gasteiger partial charge in [0.2, 0.25) is 0 Å². The van der Waals surface area contributed by atoms with Crippen LogP contribution in [0.2, 0.25) is 0 Å². The zero-order valence-electron chi connectivity index (χ0n) is 20.7. The Morgan fingerprint density at radius 2 is 1.86 bits per heavy atom. The minimum absolute atomic E-state index is 0.136. The quantitative estimate of drug-likeness (QED) is 0.283. The molecule has 0 fully saturated rings. The summed E-state index contributed by atoms with van der Waals surface area (Å²) in [6.07, 6.45) is 8.14. The van der Waals surface area contributed by atoms with Gasteiger partial charge in [0.25, 0.3) is 11.8 Å². The van der Waals surface area contributed by atoms with Gasteiger partial charge in [-0.1, -0.05) is 31.0 Å². The molecule has 0 unspecified atom stereocenters.